The Morgan fingerprint density at radius 1 is 0.833 bits per heavy atom. The molecule has 5 rings (SSSR count). The Morgan fingerprint density at radius 2 is 1.42 bits per heavy atom. The average molecular weight is 504 g/mol. The number of benzene rings is 3. The highest BCUT2D eigenvalue weighted by atomic mass is 35.5. The van der Waals surface area contributed by atoms with E-state index in [0.717, 1.165) is 29.7 Å². The molecule has 0 radical (unpaired) electrons. The second-order valence-corrected chi connectivity index (χ2v) is 11.5. The van der Waals surface area contributed by atoms with Crippen LogP contribution >= 0.6 is 11.6 Å². The number of rotatable bonds is 9. The summed E-state index contributed by atoms with van der Waals surface area (Å²) in [5.41, 5.74) is 3.82. The van der Waals surface area contributed by atoms with E-state index in [0.29, 0.717) is 12.4 Å². The summed E-state index contributed by atoms with van der Waals surface area (Å²) in [6.07, 6.45) is 8.92. The van der Waals surface area contributed by atoms with E-state index >= 15 is 0 Å². The van der Waals surface area contributed by atoms with Crippen LogP contribution in [-0.4, -0.2) is 37.3 Å². The fourth-order valence-electron chi connectivity index (χ4n) is 6.63. The Kier molecular flexibility index (Phi) is 7.32. The summed E-state index contributed by atoms with van der Waals surface area (Å²) in [5, 5.41) is 10.9. The first kappa shape index (κ1) is 25.2. The SMILES string of the molecule is CN(C)CCOc1ccc(C2(c3ccc(O)cc3)CC2(CC2CCCCC2)c2ccc(Cl)cc2)cc1. The number of phenols is 1. The molecule has 0 amide bonds. The zero-order valence-electron chi connectivity index (χ0n) is 21.6. The number of phenolic OH excluding ortho intramolecular Hbond substituents is 1. The largest absolute Gasteiger partial charge is 0.508 e. The summed E-state index contributed by atoms with van der Waals surface area (Å²) in [6, 6.07) is 25.2. The van der Waals surface area contributed by atoms with Crippen molar-refractivity contribution in [2.45, 2.75) is 55.8 Å². The van der Waals surface area contributed by atoms with Gasteiger partial charge in [0.25, 0.3) is 0 Å². The topological polar surface area (TPSA) is 32.7 Å². The van der Waals surface area contributed by atoms with E-state index in [1.165, 1.54) is 55.2 Å². The van der Waals surface area contributed by atoms with Crippen LogP contribution in [0.25, 0.3) is 0 Å². The second-order valence-electron chi connectivity index (χ2n) is 11.1. The highest BCUT2D eigenvalue weighted by molar-refractivity contribution is 6.30. The Labute approximate surface area is 221 Å². The van der Waals surface area contributed by atoms with Crippen LogP contribution in [0.15, 0.2) is 72.8 Å². The van der Waals surface area contributed by atoms with Crippen molar-refractivity contribution < 1.29 is 9.84 Å². The quantitative estimate of drug-likeness (QED) is 0.326. The Morgan fingerprint density at radius 3 is 2.03 bits per heavy atom. The van der Waals surface area contributed by atoms with Crippen LogP contribution in [0.3, 0.4) is 0 Å². The maximum atomic E-state index is 10.1. The van der Waals surface area contributed by atoms with Gasteiger partial charge >= 0.3 is 0 Å². The molecule has 2 aliphatic rings. The highest BCUT2D eigenvalue weighted by Gasteiger charge is 2.69. The number of ether oxygens (including phenoxy) is 1. The van der Waals surface area contributed by atoms with Crippen molar-refractivity contribution in [1.29, 1.82) is 0 Å². The van der Waals surface area contributed by atoms with E-state index in [-0.39, 0.29) is 10.8 Å². The van der Waals surface area contributed by atoms with Gasteiger partial charge in [-0.1, -0.05) is 80.1 Å². The van der Waals surface area contributed by atoms with Gasteiger partial charge in [-0.15, -0.1) is 0 Å². The van der Waals surface area contributed by atoms with Crippen molar-refractivity contribution in [3.63, 3.8) is 0 Å². The molecule has 0 aliphatic heterocycles. The first-order valence-corrected chi connectivity index (χ1v) is 13.7. The first-order valence-electron chi connectivity index (χ1n) is 13.4. The minimum atomic E-state index is -0.145. The third kappa shape index (κ3) is 4.88. The third-order valence-electron chi connectivity index (χ3n) is 8.53. The van der Waals surface area contributed by atoms with E-state index < -0.39 is 0 Å². The molecule has 0 spiro atoms. The van der Waals surface area contributed by atoms with Crippen molar-refractivity contribution >= 4 is 11.6 Å². The number of hydrogen-bond acceptors (Lipinski definition) is 3. The van der Waals surface area contributed by atoms with Crippen molar-refractivity contribution in [3.8, 4) is 11.5 Å². The van der Waals surface area contributed by atoms with Crippen molar-refractivity contribution in [1.82, 2.24) is 4.90 Å². The molecule has 2 unspecified atom stereocenters. The lowest BCUT2D eigenvalue weighted by Crippen LogP contribution is -2.27. The van der Waals surface area contributed by atoms with Gasteiger partial charge in [0.2, 0.25) is 0 Å². The van der Waals surface area contributed by atoms with E-state index in [1.807, 2.05) is 24.3 Å². The normalized spacial score (nSPS) is 24.1. The average Bonchev–Trinajstić information content (AvgIpc) is 3.55. The summed E-state index contributed by atoms with van der Waals surface area (Å²) in [7, 11) is 4.12. The minimum absolute atomic E-state index is 0.00383. The summed E-state index contributed by atoms with van der Waals surface area (Å²) in [4.78, 5) is 2.13. The molecule has 2 saturated carbocycles. The molecule has 2 aliphatic carbocycles. The van der Waals surface area contributed by atoms with Gasteiger partial charge in [-0.05, 0) is 85.9 Å². The van der Waals surface area contributed by atoms with Gasteiger partial charge in [-0.25, -0.2) is 0 Å². The third-order valence-corrected chi connectivity index (χ3v) is 8.78. The number of aromatic hydroxyl groups is 1. The van der Waals surface area contributed by atoms with Crippen molar-refractivity contribution in [3.05, 3.63) is 94.5 Å². The van der Waals surface area contributed by atoms with Crippen LogP contribution in [-0.2, 0) is 10.8 Å². The lowest BCUT2D eigenvalue weighted by molar-refractivity contribution is 0.261. The van der Waals surface area contributed by atoms with Crippen molar-refractivity contribution in [2.24, 2.45) is 5.92 Å². The number of likely N-dealkylation sites (N-methyl/N-ethyl adjacent to an activating group) is 1. The minimum Gasteiger partial charge on any atom is -0.508 e. The van der Waals surface area contributed by atoms with Crippen LogP contribution in [0, 0.1) is 5.92 Å². The summed E-state index contributed by atoms with van der Waals surface area (Å²) in [5.74, 6) is 1.96. The first-order chi connectivity index (χ1) is 17.4. The Balaban J connectivity index is 1.56. The maximum Gasteiger partial charge on any atom is 0.119 e. The molecule has 3 aromatic carbocycles. The van der Waals surface area contributed by atoms with E-state index in [9.17, 15) is 5.11 Å². The fraction of sp³-hybridized carbons (Fsp3) is 0.438. The molecule has 2 fully saturated rings. The molecule has 0 bridgehead atoms. The zero-order valence-corrected chi connectivity index (χ0v) is 22.3. The summed E-state index contributed by atoms with van der Waals surface area (Å²) < 4.78 is 6.01. The predicted octanol–water partition coefficient (Wildman–Crippen LogP) is 7.58. The molecule has 0 aromatic heterocycles. The van der Waals surface area contributed by atoms with E-state index in [1.54, 1.807) is 0 Å². The van der Waals surface area contributed by atoms with E-state index in [2.05, 4.69) is 67.5 Å². The molecular weight excluding hydrogens is 466 g/mol. The summed E-state index contributed by atoms with van der Waals surface area (Å²) >= 11 is 6.33. The smallest absolute Gasteiger partial charge is 0.119 e. The highest BCUT2D eigenvalue weighted by Crippen LogP contribution is 2.72. The molecule has 36 heavy (non-hydrogen) atoms. The molecule has 3 aromatic rings. The fourth-order valence-corrected chi connectivity index (χ4v) is 6.75. The van der Waals surface area contributed by atoms with Crippen LogP contribution < -0.4 is 4.74 Å². The lowest BCUT2D eigenvalue weighted by Gasteiger charge is -2.33. The molecule has 190 valence electrons. The number of hydrogen-bond donors (Lipinski definition) is 1. The van der Waals surface area contributed by atoms with Crippen LogP contribution in [0.1, 0.15) is 61.6 Å². The Bertz CT molecular complexity index is 1140. The van der Waals surface area contributed by atoms with Gasteiger partial charge in [0, 0.05) is 22.4 Å². The molecular formula is C32H38ClNO2. The molecule has 2 atom stereocenters. The monoisotopic (exact) mass is 503 g/mol. The molecule has 1 N–H and O–H groups in total. The van der Waals surface area contributed by atoms with E-state index in [4.69, 9.17) is 16.3 Å². The van der Waals surface area contributed by atoms with Crippen LogP contribution in [0.4, 0.5) is 0 Å². The van der Waals surface area contributed by atoms with Gasteiger partial charge in [0.1, 0.15) is 18.1 Å². The molecule has 0 heterocycles. The molecule has 0 saturated heterocycles. The van der Waals surface area contributed by atoms with Gasteiger partial charge in [-0.2, -0.15) is 0 Å². The zero-order chi connectivity index (χ0) is 25.2. The number of halogens is 1. The maximum absolute atomic E-state index is 10.1. The second kappa shape index (κ2) is 10.5. The van der Waals surface area contributed by atoms with Gasteiger partial charge < -0.3 is 14.7 Å². The Hall–Kier alpha value is -2.49. The van der Waals surface area contributed by atoms with Crippen LogP contribution in [0.2, 0.25) is 5.02 Å². The van der Waals surface area contributed by atoms with Crippen LogP contribution in [0.5, 0.6) is 11.5 Å². The lowest BCUT2D eigenvalue weighted by atomic mass is 9.71. The van der Waals surface area contributed by atoms with Gasteiger partial charge in [0.05, 0.1) is 0 Å². The standard InChI is InChI=1S/C32H38ClNO2/c1-34(2)20-21-36-30-18-12-27(13-19-30)32(26-10-16-29(35)17-11-26)23-31(32,22-24-6-4-3-5-7-24)25-8-14-28(33)15-9-25/h8-19,24,35H,3-7,20-23H2,1-2H3. The molecule has 4 heteroatoms. The number of nitrogens with zero attached hydrogens (tertiary/aromatic N) is 1. The van der Waals surface area contributed by atoms with Gasteiger partial charge in [-0.3, -0.25) is 0 Å². The molecule has 3 nitrogen and oxygen atoms in total. The predicted molar refractivity (Wildman–Crippen MR) is 148 cm³/mol. The summed E-state index contributed by atoms with van der Waals surface area (Å²) in [6.45, 7) is 1.56. The van der Waals surface area contributed by atoms with Crippen molar-refractivity contribution in [2.75, 3.05) is 27.2 Å². The van der Waals surface area contributed by atoms with Gasteiger partial charge in [0.15, 0.2) is 0 Å².